The summed E-state index contributed by atoms with van der Waals surface area (Å²) in [6.45, 7) is 5.78. The topological polar surface area (TPSA) is 34.3 Å². The number of aliphatic hydroxyl groups excluding tert-OH is 1. The first-order chi connectivity index (χ1) is 3.06. The summed E-state index contributed by atoms with van der Waals surface area (Å²) in [7, 11) is 0. The summed E-state index contributed by atoms with van der Waals surface area (Å²) < 4.78 is 0. The lowest BCUT2D eigenvalue weighted by Crippen LogP contribution is -2.29. The third-order valence-electron chi connectivity index (χ3n) is 0.545. The Hall–Kier alpha value is -0.0800. The van der Waals surface area contributed by atoms with Crippen LogP contribution < -0.4 is 5.32 Å². The molecule has 7 heavy (non-hydrogen) atoms. The van der Waals surface area contributed by atoms with E-state index < -0.39 is 0 Å². The zero-order valence-corrected chi connectivity index (χ0v) is 5.10. The third-order valence-corrected chi connectivity index (χ3v) is 0.545. The van der Waals surface area contributed by atoms with E-state index in [1.54, 1.807) is 0 Å². The molecule has 0 bridgehead atoms. The Morgan fingerprint density at radius 1 is 1.43 bits per heavy atom. The Balaban J connectivity index is 3.15. The van der Waals surface area contributed by atoms with Gasteiger partial charge < -0.3 is 5.11 Å². The summed E-state index contributed by atoms with van der Waals surface area (Å²) in [5.41, 5.74) is -0.0747. The van der Waals surface area contributed by atoms with Gasteiger partial charge in [-0.2, -0.15) is 0 Å². The minimum Gasteiger partial charge on any atom is -0.380 e. The van der Waals surface area contributed by atoms with Crippen LogP contribution in [0.4, 0.5) is 0 Å². The third kappa shape index (κ3) is 5.92. The summed E-state index contributed by atoms with van der Waals surface area (Å²) in [5, 5.41) is 12.0. The summed E-state index contributed by atoms with van der Waals surface area (Å²) in [6.07, 6.45) is 0. The van der Waals surface area contributed by atoms with E-state index in [0.29, 0.717) is 0 Å². The molecule has 0 rings (SSSR count). The van der Waals surface area contributed by atoms with Gasteiger partial charge >= 0.3 is 0 Å². The maximum Gasteiger partial charge on any atom is 0.109 e. The minimum absolute atomic E-state index is 0.0660. The molecule has 0 aromatic heterocycles. The van der Waals surface area contributed by atoms with Crippen LogP contribution >= 0.6 is 0 Å². The molecule has 1 radical (unpaired) electrons. The van der Waals surface area contributed by atoms with Gasteiger partial charge in [-0.05, 0) is 20.8 Å². The van der Waals surface area contributed by atoms with Crippen molar-refractivity contribution in [1.29, 1.82) is 0 Å². The average Bonchev–Trinajstić information content (AvgIpc) is 1.30. The molecular weight excluding hydrogens is 90.1 g/mol. The molecular formula is C5H12NO. The van der Waals surface area contributed by atoms with Gasteiger partial charge in [0.15, 0.2) is 0 Å². The minimum atomic E-state index is -0.0747. The molecule has 2 nitrogen and oxygen atoms in total. The van der Waals surface area contributed by atoms with E-state index in [0.717, 1.165) is 0 Å². The monoisotopic (exact) mass is 102 g/mol. The van der Waals surface area contributed by atoms with Crippen molar-refractivity contribution < 1.29 is 5.11 Å². The molecule has 0 unspecified atom stereocenters. The molecule has 0 aliphatic rings. The second-order valence-electron chi connectivity index (χ2n) is 2.47. The van der Waals surface area contributed by atoms with E-state index in [9.17, 15) is 0 Å². The van der Waals surface area contributed by atoms with Crippen molar-refractivity contribution in [3.05, 3.63) is 0 Å². The maximum absolute atomic E-state index is 8.24. The van der Waals surface area contributed by atoms with E-state index in [-0.39, 0.29) is 12.3 Å². The first-order valence-corrected chi connectivity index (χ1v) is 2.36. The second kappa shape index (κ2) is 2.28. The van der Waals surface area contributed by atoms with Crippen LogP contribution in [0.1, 0.15) is 20.8 Å². The molecule has 0 atom stereocenters. The predicted octanol–water partition coefficient (Wildman–Crippen LogP) is 0.339. The highest BCUT2D eigenvalue weighted by Crippen LogP contribution is 1.97. The van der Waals surface area contributed by atoms with Crippen molar-refractivity contribution in [3.63, 3.8) is 0 Å². The lowest BCUT2D eigenvalue weighted by molar-refractivity contribution is 0.212. The smallest absolute Gasteiger partial charge is 0.109 e. The van der Waals surface area contributed by atoms with Gasteiger partial charge in [-0.15, -0.1) is 0 Å². The summed E-state index contributed by atoms with van der Waals surface area (Å²) in [4.78, 5) is 0. The van der Waals surface area contributed by atoms with E-state index in [2.05, 4.69) is 5.32 Å². The largest absolute Gasteiger partial charge is 0.380 e. The Bertz CT molecular complexity index is 46.5. The van der Waals surface area contributed by atoms with Gasteiger partial charge in [0.25, 0.3) is 0 Å². The van der Waals surface area contributed by atoms with Crippen LogP contribution in [0.25, 0.3) is 0 Å². The fourth-order valence-corrected chi connectivity index (χ4v) is 0.212. The van der Waals surface area contributed by atoms with Crippen molar-refractivity contribution in [2.24, 2.45) is 0 Å². The van der Waals surface area contributed by atoms with Crippen LogP contribution in [0, 0.1) is 0 Å². The van der Waals surface area contributed by atoms with Gasteiger partial charge in [-0.1, -0.05) is 0 Å². The van der Waals surface area contributed by atoms with Crippen LogP contribution in [0.3, 0.4) is 0 Å². The molecule has 0 heterocycles. The molecule has 0 aromatic rings. The van der Waals surface area contributed by atoms with Crippen LogP contribution in [0.5, 0.6) is 0 Å². The number of aliphatic hydroxyl groups is 1. The predicted molar refractivity (Wildman–Crippen MR) is 29.0 cm³/mol. The van der Waals surface area contributed by atoms with E-state index in [1.807, 2.05) is 20.8 Å². The van der Waals surface area contributed by atoms with Crippen LogP contribution in [0.2, 0.25) is 0 Å². The highest BCUT2D eigenvalue weighted by molar-refractivity contribution is 4.65. The first kappa shape index (κ1) is 6.92. The van der Waals surface area contributed by atoms with Gasteiger partial charge in [0.2, 0.25) is 0 Å². The number of hydrogen-bond acceptors (Lipinski definition) is 1. The molecule has 0 spiro atoms. The molecule has 0 amide bonds. The quantitative estimate of drug-likeness (QED) is 0.509. The molecule has 0 aliphatic heterocycles. The van der Waals surface area contributed by atoms with Crippen LogP contribution in [-0.4, -0.2) is 17.4 Å². The van der Waals surface area contributed by atoms with Crippen LogP contribution in [-0.2, 0) is 0 Å². The molecule has 43 valence electrons. The summed E-state index contributed by atoms with van der Waals surface area (Å²) in [5.74, 6) is 0. The Kier molecular flexibility index (Phi) is 2.26. The first-order valence-electron chi connectivity index (χ1n) is 2.36. The van der Waals surface area contributed by atoms with E-state index >= 15 is 0 Å². The lowest BCUT2D eigenvalue weighted by Gasteiger charge is -2.14. The van der Waals surface area contributed by atoms with Crippen LogP contribution in [0.15, 0.2) is 0 Å². The summed E-state index contributed by atoms with van der Waals surface area (Å²) >= 11 is 0. The van der Waals surface area contributed by atoms with E-state index in [1.165, 1.54) is 0 Å². The summed E-state index contributed by atoms with van der Waals surface area (Å²) in [6, 6.07) is 0. The normalized spacial score (nSPS) is 12.0. The fraction of sp³-hybridized carbons (Fsp3) is 1.00. The van der Waals surface area contributed by atoms with Gasteiger partial charge in [-0.25, -0.2) is 5.32 Å². The highest BCUT2D eigenvalue weighted by atomic mass is 16.3. The standard InChI is InChI=1S/C5H12NO/c1-5(2,3)6-4-7/h7H,4H2,1-3H3. The average molecular weight is 102 g/mol. The second-order valence-corrected chi connectivity index (χ2v) is 2.47. The zero-order chi connectivity index (χ0) is 5.91. The van der Waals surface area contributed by atoms with Gasteiger partial charge in [-0.3, -0.25) is 0 Å². The van der Waals surface area contributed by atoms with Crippen molar-refractivity contribution in [1.82, 2.24) is 5.32 Å². The molecule has 1 N–H and O–H groups in total. The SMILES string of the molecule is CC(C)(C)[N]CO. The number of nitrogens with zero attached hydrogens (tertiary/aromatic N) is 1. The molecule has 0 fully saturated rings. The Morgan fingerprint density at radius 2 is 1.86 bits per heavy atom. The van der Waals surface area contributed by atoms with Crippen molar-refractivity contribution in [2.45, 2.75) is 26.3 Å². The fourth-order valence-electron chi connectivity index (χ4n) is 0.212. The molecule has 0 saturated carbocycles. The maximum atomic E-state index is 8.24. The molecule has 2 heteroatoms. The lowest BCUT2D eigenvalue weighted by atomic mass is 10.1. The van der Waals surface area contributed by atoms with E-state index in [4.69, 9.17) is 5.11 Å². The number of rotatable bonds is 1. The Labute approximate surface area is 44.5 Å². The zero-order valence-electron chi connectivity index (χ0n) is 5.10. The van der Waals surface area contributed by atoms with Crippen molar-refractivity contribution in [2.75, 3.05) is 6.73 Å². The van der Waals surface area contributed by atoms with Gasteiger partial charge in [0.05, 0.1) is 0 Å². The van der Waals surface area contributed by atoms with Gasteiger partial charge in [0.1, 0.15) is 6.73 Å². The number of hydrogen-bond donors (Lipinski definition) is 1. The highest BCUT2D eigenvalue weighted by Gasteiger charge is 2.07. The molecule has 0 saturated heterocycles. The molecule has 0 aromatic carbocycles. The Morgan fingerprint density at radius 3 is 1.86 bits per heavy atom. The van der Waals surface area contributed by atoms with Crippen molar-refractivity contribution in [3.8, 4) is 0 Å². The van der Waals surface area contributed by atoms with Crippen molar-refractivity contribution >= 4 is 0 Å². The molecule has 0 aliphatic carbocycles. The van der Waals surface area contributed by atoms with Gasteiger partial charge in [0, 0.05) is 5.54 Å².